The number of hydrogen-bond acceptors (Lipinski definition) is 4. The van der Waals surface area contributed by atoms with Crippen molar-refractivity contribution in [2.24, 2.45) is 5.92 Å². The maximum absolute atomic E-state index is 6.18. The maximum Gasteiger partial charge on any atom is 0.226 e. The van der Waals surface area contributed by atoms with E-state index in [1.807, 2.05) is 30.6 Å². The van der Waals surface area contributed by atoms with Gasteiger partial charge in [-0.05, 0) is 48.1 Å². The number of nitrogens with one attached hydrogen (secondary N) is 1. The van der Waals surface area contributed by atoms with E-state index in [-0.39, 0.29) is 5.28 Å². The van der Waals surface area contributed by atoms with Gasteiger partial charge in [-0.2, -0.15) is 9.97 Å². The van der Waals surface area contributed by atoms with Crippen LogP contribution >= 0.6 is 23.2 Å². The van der Waals surface area contributed by atoms with Crippen molar-refractivity contribution in [2.45, 2.75) is 45.2 Å². The van der Waals surface area contributed by atoms with Gasteiger partial charge in [0.1, 0.15) is 0 Å². The molecule has 0 atom stereocenters. The predicted octanol–water partition coefficient (Wildman–Crippen LogP) is 5.33. The Morgan fingerprint density at radius 2 is 1.81 bits per heavy atom. The van der Waals surface area contributed by atoms with Crippen molar-refractivity contribution in [1.29, 1.82) is 0 Å². The summed E-state index contributed by atoms with van der Waals surface area (Å²) in [6, 6.07) is 7.72. The second-order valence-electron chi connectivity index (χ2n) is 6.89. The van der Waals surface area contributed by atoms with Crippen molar-refractivity contribution in [3.63, 3.8) is 0 Å². The molecular weight excluding hydrogens is 369 g/mol. The van der Waals surface area contributed by atoms with Crippen LogP contribution in [0.5, 0.6) is 0 Å². The SMILES string of the molecule is Clc1ccc(CNc2nc(Cl)nc3c2ncn3CC2CCCCC2)cc1. The highest BCUT2D eigenvalue weighted by Crippen LogP contribution is 2.27. The number of halogens is 2. The van der Waals surface area contributed by atoms with E-state index in [4.69, 9.17) is 23.2 Å². The number of imidazole rings is 1. The molecule has 1 saturated carbocycles. The summed E-state index contributed by atoms with van der Waals surface area (Å²) in [5, 5.41) is 4.29. The zero-order chi connectivity index (χ0) is 17.9. The molecule has 3 aromatic rings. The van der Waals surface area contributed by atoms with E-state index in [1.165, 1.54) is 32.1 Å². The van der Waals surface area contributed by atoms with Crippen LogP contribution in [-0.4, -0.2) is 19.5 Å². The highest BCUT2D eigenvalue weighted by Gasteiger charge is 2.18. The lowest BCUT2D eigenvalue weighted by molar-refractivity contribution is 0.321. The van der Waals surface area contributed by atoms with E-state index in [9.17, 15) is 0 Å². The van der Waals surface area contributed by atoms with E-state index in [0.29, 0.717) is 18.3 Å². The summed E-state index contributed by atoms with van der Waals surface area (Å²) in [7, 11) is 0. The van der Waals surface area contributed by atoms with Gasteiger partial charge in [-0.3, -0.25) is 0 Å². The fraction of sp³-hybridized carbons (Fsp3) is 0.421. The molecule has 0 bridgehead atoms. The van der Waals surface area contributed by atoms with Gasteiger partial charge in [0.05, 0.1) is 6.33 Å². The normalized spacial score (nSPS) is 15.5. The Bertz CT molecular complexity index is 885. The Hall–Kier alpha value is -1.85. The van der Waals surface area contributed by atoms with Crippen LogP contribution in [0, 0.1) is 5.92 Å². The molecule has 0 spiro atoms. The molecule has 1 aromatic carbocycles. The van der Waals surface area contributed by atoms with Crippen LogP contribution in [-0.2, 0) is 13.1 Å². The average molecular weight is 390 g/mol. The predicted molar refractivity (Wildman–Crippen MR) is 106 cm³/mol. The number of rotatable bonds is 5. The third-order valence-corrected chi connectivity index (χ3v) is 5.41. The summed E-state index contributed by atoms with van der Waals surface area (Å²) in [6.45, 7) is 1.57. The number of benzene rings is 1. The molecule has 1 aliphatic carbocycles. The first-order valence-corrected chi connectivity index (χ1v) is 9.81. The summed E-state index contributed by atoms with van der Waals surface area (Å²) < 4.78 is 2.12. The van der Waals surface area contributed by atoms with Crippen molar-refractivity contribution >= 4 is 40.2 Å². The summed E-state index contributed by atoms with van der Waals surface area (Å²) in [5.41, 5.74) is 2.67. The molecule has 26 heavy (non-hydrogen) atoms. The monoisotopic (exact) mass is 389 g/mol. The number of fused-ring (bicyclic) bond motifs is 1. The molecule has 0 amide bonds. The Labute approximate surface area is 162 Å². The molecule has 0 aliphatic heterocycles. The van der Waals surface area contributed by atoms with Crippen molar-refractivity contribution < 1.29 is 0 Å². The topological polar surface area (TPSA) is 55.6 Å². The van der Waals surface area contributed by atoms with Crippen LogP contribution in [0.25, 0.3) is 11.2 Å². The number of hydrogen-bond donors (Lipinski definition) is 1. The Morgan fingerprint density at radius 3 is 2.58 bits per heavy atom. The van der Waals surface area contributed by atoms with Gasteiger partial charge in [-0.1, -0.05) is 43.0 Å². The number of anilines is 1. The summed E-state index contributed by atoms with van der Waals surface area (Å²) in [5.74, 6) is 1.36. The van der Waals surface area contributed by atoms with Gasteiger partial charge < -0.3 is 9.88 Å². The zero-order valence-electron chi connectivity index (χ0n) is 14.5. The molecule has 136 valence electrons. The maximum atomic E-state index is 6.18. The van der Waals surface area contributed by atoms with Crippen LogP contribution < -0.4 is 5.32 Å². The van der Waals surface area contributed by atoms with Gasteiger partial charge in [0.15, 0.2) is 17.0 Å². The minimum Gasteiger partial charge on any atom is -0.364 e. The fourth-order valence-electron chi connectivity index (χ4n) is 3.61. The van der Waals surface area contributed by atoms with Crippen LogP contribution in [0.4, 0.5) is 5.82 Å². The van der Waals surface area contributed by atoms with E-state index >= 15 is 0 Å². The van der Waals surface area contributed by atoms with Crippen LogP contribution in [0.15, 0.2) is 30.6 Å². The van der Waals surface area contributed by atoms with Crippen molar-refractivity contribution in [1.82, 2.24) is 19.5 Å². The molecule has 1 aliphatic rings. The van der Waals surface area contributed by atoms with Crippen molar-refractivity contribution in [3.05, 3.63) is 46.5 Å². The smallest absolute Gasteiger partial charge is 0.226 e. The van der Waals surface area contributed by atoms with Crippen molar-refractivity contribution in [3.8, 4) is 0 Å². The average Bonchev–Trinajstić information content (AvgIpc) is 3.04. The van der Waals surface area contributed by atoms with E-state index in [2.05, 4.69) is 24.8 Å². The standard InChI is InChI=1S/C19H21Cl2N5/c20-15-8-6-13(7-9-15)10-22-17-16-18(25-19(21)24-17)26(12-23-16)11-14-4-2-1-3-5-14/h6-9,12,14H,1-5,10-11H2,(H,22,24,25). The lowest BCUT2D eigenvalue weighted by atomic mass is 9.89. The van der Waals surface area contributed by atoms with E-state index < -0.39 is 0 Å². The first kappa shape index (κ1) is 17.6. The van der Waals surface area contributed by atoms with Crippen LogP contribution in [0.2, 0.25) is 10.3 Å². The summed E-state index contributed by atoms with van der Waals surface area (Å²) in [4.78, 5) is 13.3. The fourth-order valence-corrected chi connectivity index (χ4v) is 3.90. The quantitative estimate of drug-likeness (QED) is 0.599. The molecule has 2 heterocycles. The zero-order valence-corrected chi connectivity index (χ0v) is 16.0. The largest absolute Gasteiger partial charge is 0.364 e. The number of nitrogens with zero attached hydrogens (tertiary/aromatic N) is 4. The van der Waals surface area contributed by atoms with Gasteiger partial charge in [0.2, 0.25) is 5.28 Å². The Morgan fingerprint density at radius 1 is 1.04 bits per heavy atom. The third-order valence-electron chi connectivity index (χ3n) is 4.99. The molecule has 5 nitrogen and oxygen atoms in total. The molecule has 7 heteroatoms. The van der Waals surface area contributed by atoms with Crippen LogP contribution in [0.3, 0.4) is 0 Å². The minimum absolute atomic E-state index is 0.238. The molecule has 4 rings (SSSR count). The highest BCUT2D eigenvalue weighted by molar-refractivity contribution is 6.30. The Balaban J connectivity index is 1.55. The minimum atomic E-state index is 0.238. The van der Waals surface area contributed by atoms with Gasteiger partial charge >= 0.3 is 0 Å². The van der Waals surface area contributed by atoms with Gasteiger partial charge in [0, 0.05) is 18.1 Å². The van der Waals surface area contributed by atoms with Gasteiger partial charge in [0.25, 0.3) is 0 Å². The Kier molecular flexibility index (Phi) is 5.27. The van der Waals surface area contributed by atoms with Crippen LogP contribution in [0.1, 0.15) is 37.7 Å². The second-order valence-corrected chi connectivity index (χ2v) is 7.67. The van der Waals surface area contributed by atoms with Gasteiger partial charge in [-0.25, -0.2) is 4.98 Å². The summed E-state index contributed by atoms with van der Waals surface area (Å²) >= 11 is 12.1. The first-order chi connectivity index (χ1) is 12.7. The summed E-state index contributed by atoms with van der Waals surface area (Å²) in [6.07, 6.45) is 8.41. The number of aromatic nitrogens is 4. The molecule has 2 aromatic heterocycles. The highest BCUT2D eigenvalue weighted by atomic mass is 35.5. The third kappa shape index (κ3) is 3.94. The second kappa shape index (κ2) is 7.80. The molecule has 1 N–H and O–H groups in total. The van der Waals surface area contributed by atoms with E-state index in [1.54, 1.807) is 0 Å². The first-order valence-electron chi connectivity index (χ1n) is 9.06. The van der Waals surface area contributed by atoms with E-state index in [0.717, 1.165) is 28.3 Å². The molecule has 0 unspecified atom stereocenters. The lowest BCUT2D eigenvalue weighted by Crippen LogP contribution is -2.14. The van der Waals surface area contributed by atoms with Crippen molar-refractivity contribution in [2.75, 3.05) is 5.32 Å². The molecular formula is C19H21Cl2N5. The molecule has 0 saturated heterocycles. The molecule has 1 fully saturated rings. The lowest BCUT2D eigenvalue weighted by Gasteiger charge is -2.21. The molecule has 0 radical (unpaired) electrons. The van der Waals surface area contributed by atoms with Gasteiger partial charge in [-0.15, -0.1) is 0 Å².